The van der Waals surface area contributed by atoms with Crippen LogP contribution in [0.2, 0.25) is 0 Å². The van der Waals surface area contributed by atoms with Crippen molar-refractivity contribution < 1.29 is 9.47 Å². The molecule has 1 aromatic carbocycles. The predicted molar refractivity (Wildman–Crippen MR) is 60.7 cm³/mol. The molecule has 0 unspecified atom stereocenters. The van der Waals surface area contributed by atoms with Crippen LogP contribution in [0.4, 0.5) is 0 Å². The molecule has 0 atom stereocenters. The maximum absolute atomic E-state index is 5.40. The van der Waals surface area contributed by atoms with Crippen molar-refractivity contribution >= 4 is 10.9 Å². The van der Waals surface area contributed by atoms with Crippen LogP contribution in [0.3, 0.4) is 0 Å². The molecule has 0 saturated carbocycles. The lowest BCUT2D eigenvalue weighted by Crippen LogP contribution is -1.96. The Balaban J connectivity index is 2.77. The van der Waals surface area contributed by atoms with Crippen LogP contribution >= 0.6 is 0 Å². The van der Waals surface area contributed by atoms with Gasteiger partial charge in [-0.1, -0.05) is 0 Å². The molecule has 80 valence electrons. The molecule has 2 aromatic rings. The number of nitrogens with zero attached hydrogens (tertiary/aromatic N) is 1. The van der Waals surface area contributed by atoms with Crippen molar-refractivity contribution in [3.05, 3.63) is 24.4 Å². The summed E-state index contributed by atoms with van der Waals surface area (Å²) >= 11 is 0. The summed E-state index contributed by atoms with van der Waals surface area (Å²) in [6.45, 7) is 3.03. The van der Waals surface area contributed by atoms with Gasteiger partial charge in [0.15, 0.2) is 11.5 Å². The highest BCUT2D eigenvalue weighted by Crippen LogP contribution is 2.35. The average Bonchev–Trinajstić information content (AvgIpc) is 2.70. The first-order valence-electron chi connectivity index (χ1n) is 5.01. The number of aromatic nitrogens is 1. The van der Waals surface area contributed by atoms with Gasteiger partial charge in [-0.2, -0.15) is 0 Å². The van der Waals surface area contributed by atoms with Gasteiger partial charge in [0.05, 0.1) is 19.7 Å². The Morgan fingerprint density at radius 2 is 1.93 bits per heavy atom. The van der Waals surface area contributed by atoms with Gasteiger partial charge in [-0.15, -0.1) is 0 Å². The zero-order valence-corrected chi connectivity index (χ0v) is 9.28. The van der Waals surface area contributed by atoms with E-state index in [4.69, 9.17) is 9.47 Å². The van der Waals surface area contributed by atoms with E-state index in [-0.39, 0.29) is 0 Å². The number of rotatable bonds is 3. The highest BCUT2D eigenvalue weighted by atomic mass is 16.5. The first kappa shape index (κ1) is 9.90. The van der Waals surface area contributed by atoms with Gasteiger partial charge in [0.2, 0.25) is 0 Å². The van der Waals surface area contributed by atoms with Crippen LogP contribution in [-0.2, 0) is 6.54 Å². The van der Waals surface area contributed by atoms with Crippen molar-refractivity contribution in [2.24, 2.45) is 0 Å². The molecule has 0 aliphatic heterocycles. The molecule has 1 heterocycles. The smallest absolute Gasteiger partial charge is 0.185 e. The first-order chi connectivity index (χ1) is 7.31. The van der Waals surface area contributed by atoms with E-state index in [2.05, 4.69) is 23.8 Å². The van der Waals surface area contributed by atoms with E-state index in [1.807, 2.05) is 12.1 Å². The minimum atomic E-state index is 0.776. The minimum absolute atomic E-state index is 0.776. The van der Waals surface area contributed by atoms with Gasteiger partial charge in [-0.05, 0) is 25.1 Å². The van der Waals surface area contributed by atoms with Crippen LogP contribution in [-0.4, -0.2) is 18.8 Å². The Morgan fingerprint density at radius 1 is 1.13 bits per heavy atom. The molecule has 0 radical (unpaired) electrons. The average molecular weight is 205 g/mol. The fourth-order valence-electron chi connectivity index (χ4n) is 1.86. The third kappa shape index (κ3) is 1.44. The molecule has 2 rings (SSSR count). The summed E-state index contributed by atoms with van der Waals surface area (Å²) < 4.78 is 12.8. The van der Waals surface area contributed by atoms with E-state index in [9.17, 15) is 0 Å². The van der Waals surface area contributed by atoms with Gasteiger partial charge in [-0.3, -0.25) is 0 Å². The number of fused-ring (bicyclic) bond motifs is 1. The van der Waals surface area contributed by atoms with Gasteiger partial charge in [0.1, 0.15) is 0 Å². The van der Waals surface area contributed by atoms with Crippen LogP contribution < -0.4 is 9.47 Å². The fraction of sp³-hybridized carbons (Fsp3) is 0.333. The van der Waals surface area contributed by atoms with Gasteiger partial charge in [0.25, 0.3) is 0 Å². The van der Waals surface area contributed by atoms with Crippen molar-refractivity contribution in [3.63, 3.8) is 0 Å². The first-order valence-corrected chi connectivity index (χ1v) is 5.01. The molecule has 15 heavy (non-hydrogen) atoms. The molecule has 0 N–H and O–H groups in total. The molecular weight excluding hydrogens is 190 g/mol. The number of methoxy groups -OCH3 is 2. The Bertz CT molecular complexity index is 474. The fourth-order valence-corrected chi connectivity index (χ4v) is 1.86. The van der Waals surface area contributed by atoms with Crippen LogP contribution in [0.5, 0.6) is 11.5 Å². The summed E-state index contributed by atoms with van der Waals surface area (Å²) in [5.41, 5.74) is 1.10. The van der Waals surface area contributed by atoms with Crippen LogP contribution in [0, 0.1) is 0 Å². The third-order valence-corrected chi connectivity index (χ3v) is 2.61. The summed E-state index contributed by atoms with van der Waals surface area (Å²) in [5.74, 6) is 1.58. The van der Waals surface area contributed by atoms with E-state index in [0.717, 1.165) is 23.6 Å². The largest absolute Gasteiger partial charge is 0.493 e. The van der Waals surface area contributed by atoms with Crippen molar-refractivity contribution in [1.82, 2.24) is 4.57 Å². The lowest BCUT2D eigenvalue weighted by Gasteiger charge is -2.10. The highest BCUT2D eigenvalue weighted by molar-refractivity contribution is 5.88. The van der Waals surface area contributed by atoms with E-state index in [1.165, 1.54) is 5.39 Å². The lowest BCUT2D eigenvalue weighted by molar-refractivity contribution is 0.357. The molecule has 0 spiro atoms. The molecule has 0 amide bonds. The standard InChI is InChI=1S/C12H15NO2/c1-4-13-8-7-9-5-6-10(14-2)12(15-3)11(9)13/h5-8H,4H2,1-3H3. The van der Waals surface area contributed by atoms with Gasteiger partial charge >= 0.3 is 0 Å². The van der Waals surface area contributed by atoms with Crippen LogP contribution in [0.15, 0.2) is 24.4 Å². The molecule has 0 aliphatic carbocycles. The van der Waals surface area contributed by atoms with Crippen molar-refractivity contribution in [2.45, 2.75) is 13.5 Å². The molecule has 1 aromatic heterocycles. The summed E-state index contributed by atoms with van der Waals surface area (Å²) in [7, 11) is 3.33. The number of benzene rings is 1. The molecule has 0 aliphatic rings. The molecular formula is C12H15NO2. The van der Waals surface area contributed by atoms with E-state index >= 15 is 0 Å². The number of hydrogen-bond donors (Lipinski definition) is 0. The molecule has 0 fully saturated rings. The molecule has 0 bridgehead atoms. The molecule has 3 nitrogen and oxygen atoms in total. The maximum Gasteiger partial charge on any atom is 0.185 e. The topological polar surface area (TPSA) is 23.4 Å². The second-order valence-electron chi connectivity index (χ2n) is 3.34. The molecule has 0 saturated heterocycles. The third-order valence-electron chi connectivity index (χ3n) is 2.61. The van der Waals surface area contributed by atoms with Crippen molar-refractivity contribution in [1.29, 1.82) is 0 Å². The Labute approximate surface area is 89.2 Å². The Kier molecular flexibility index (Phi) is 2.54. The Hall–Kier alpha value is -1.64. The van der Waals surface area contributed by atoms with Gasteiger partial charge < -0.3 is 14.0 Å². The molecule has 3 heteroatoms. The maximum atomic E-state index is 5.40. The van der Waals surface area contributed by atoms with Crippen molar-refractivity contribution in [2.75, 3.05) is 14.2 Å². The van der Waals surface area contributed by atoms with Crippen molar-refractivity contribution in [3.8, 4) is 11.5 Å². The number of ether oxygens (including phenoxy) is 2. The second-order valence-corrected chi connectivity index (χ2v) is 3.34. The quantitative estimate of drug-likeness (QED) is 0.769. The normalized spacial score (nSPS) is 10.6. The zero-order valence-electron chi connectivity index (χ0n) is 9.28. The van der Waals surface area contributed by atoms with Gasteiger partial charge in [0, 0.05) is 18.1 Å². The zero-order chi connectivity index (χ0) is 10.8. The van der Waals surface area contributed by atoms with Crippen LogP contribution in [0.1, 0.15) is 6.92 Å². The highest BCUT2D eigenvalue weighted by Gasteiger charge is 2.11. The Morgan fingerprint density at radius 3 is 2.53 bits per heavy atom. The number of aryl methyl sites for hydroxylation is 1. The summed E-state index contributed by atoms with van der Waals surface area (Å²) in [6.07, 6.45) is 2.06. The second kappa shape index (κ2) is 3.85. The van der Waals surface area contributed by atoms with E-state index in [0.29, 0.717) is 0 Å². The summed E-state index contributed by atoms with van der Waals surface area (Å²) in [6, 6.07) is 6.06. The van der Waals surface area contributed by atoms with E-state index in [1.54, 1.807) is 14.2 Å². The predicted octanol–water partition coefficient (Wildman–Crippen LogP) is 2.68. The monoisotopic (exact) mass is 205 g/mol. The summed E-state index contributed by atoms with van der Waals surface area (Å²) in [5, 5.41) is 1.18. The van der Waals surface area contributed by atoms with Gasteiger partial charge in [-0.25, -0.2) is 0 Å². The summed E-state index contributed by atoms with van der Waals surface area (Å²) in [4.78, 5) is 0. The lowest BCUT2D eigenvalue weighted by atomic mass is 10.2. The number of hydrogen-bond acceptors (Lipinski definition) is 2. The SMILES string of the molecule is CCn1ccc2ccc(OC)c(OC)c21. The van der Waals surface area contributed by atoms with Crippen LogP contribution in [0.25, 0.3) is 10.9 Å². The van der Waals surface area contributed by atoms with E-state index < -0.39 is 0 Å². The minimum Gasteiger partial charge on any atom is -0.493 e.